The van der Waals surface area contributed by atoms with Crippen molar-refractivity contribution in [1.29, 1.82) is 0 Å². The third-order valence-electron chi connectivity index (χ3n) is 3.20. The fraction of sp³-hybridized carbons (Fsp3) is 0.0667. The number of aromatic nitrogens is 2. The zero-order valence-electron chi connectivity index (χ0n) is 11.0. The van der Waals surface area contributed by atoms with Gasteiger partial charge in [-0.05, 0) is 35.9 Å². The van der Waals surface area contributed by atoms with Crippen LogP contribution in [0.4, 0.5) is 5.69 Å². The Bertz CT molecular complexity index is 799. The van der Waals surface area contributed by atoms with E-state index in [1.807, 2.05) is 42.5 Å². The first-order valence-corrected chi connectivity index (χ1v) is 7.18. The van der Waals surface area contributed by atoms with Crippen molar-refractivity contribution in [3.63, 3.8) is 0 Å². The van der Waals surface area contributed by atoms with Crippen LogP contribution in [-0.2, 0) is 4.79 Å². The molecule has 4 N–H and O–H groups in total. The molecule has 0 aliphatic carbocycles. The van der Waals surface area contributed by atoms with Crippen molar-refractivity contribution >= 4 is 38.4 Å². The largest absolute Gasteiger partial charge is 0.324 e. The van der Waals surface area contributed by atoms with E-state index in [4.69, 9.17) is 5.73 Å². The maximum Gasteiger partial charge on any atom is 0.245 e. The first-order chi connectivity index (χ1) is 10.1. The van der Waals surface area contributed by atoms with Gasteiger partial charge in [-0.2, -0.15) is 5.10 Å². The van der Waals surface area contributed by atoms with E-state index < -0.39 is 6.04 Å². The molecule has 5 nitrogen and oxygen atoms in total. The van der Waals surface area contributed by atoms with Crippen LogP contribution in [0.1, 0.15) is 11.6 Å². The molecule has 0 bridgehead atoms. The second kappa shape index (κ2) is 5.67. The number of nitrogens with one attached hydrogen (secondary N) is 2. The number of rotatable bonds is 3. The molecule has 0 fully saturated rings. The highest BCUT2D eigenvalue weighted by atomic mass is 79.9. The fourth-order valence-corrected chi connectivity index (χ4v) is 2.51. The Morgan fingerprint density at radius 2 is 2.14 bits per heavy atom. The number of carbonyl (C=O) groups is 1. The highest BCUT2D eigenvalue weighted by molar-refractivity contribution is 9.10. The second-order valence-corrected chi connectivity index (χ2v) is 5.61. The van der Waals surface area contributed by atoms with E-state index in [0.29, 0.717) is 5.69 Å². The number of anilines is 1. The number of benzene rings is 2. The molecule has 106 valence electrons. The summed E-state index contributed by atoms with van der Waals surface area (Å²) < 4.78 is 0.892. The molecule has 0 aliphatic rings. The van der Waals surface area contributed by atoms with E-state index in [1.54, 1.807) is 6.20 Å². The number of hydrogen-bond acceptors (Lipinski definition) is 3. The Kier molecular flexibility index (Phi) is 3.72. The minimum absolute atomic E-state index is 0.254. The summed E-state index contributed by atoms with van der Waals surface area (Å²) in [5.74, 6) is -0.254. The van der Waals surface area contributed by atoms with Gasteiger partial charge in [0.2, 0.25) is 5.91 Å². The lowest BCUT2D eigenvalue weighted by Crippen LogP contribution is -2.27. The molecule has 0 radical (unpaired) electrons. The number of amides is 1. The number of carbonyl (C=O) groups excluding carboxylic acids is 1. The fourth-order valence-electron chi connectivity index (χ4n) is 2.09. The molecule has 1 aromatic heterocycles. The van der Waals surface area contributed by atoms with Crippen LogP contribution in [-0.4, -0.2) is 16.1 Å². The standard InChI is InChI=1S/C15H13BrN4O/c16-11-3-1-2-9(6-11)14(17)15(21)19-12-4-5-13-10(7-12)8-18-20-13/h1-8,14H,17H2,(H,18,20)(H,19,21). The van der Waals surface area contributed by atoms with Crippen molar-refractivity contribution in [3.8, 4) is 0 Å². The van der Waals surface area contributed by atoms with E-state index in [0.717, 1.165) is 20.9 Å². The average molecular weight is 345 g/mol. The van der Waals surface area contributed by atoms with Crippen LogP contribution in [0.3, 0.4) is 0 Å². The highest BCUT2D eigenvalue weighted by Crippen LogP contribution is 2.20. The third-order valence-corrected chi connectivity index (χ3v) is 3.69. The quantitative estimate of drug-likeness (QED) is 0.682. The van der Waals surface area contributed by atoms with Gasteiger partial charge < -0.3 is 11.1 Å². The molecule has 3 aromatic rings. The Labute approximate surface area is 129 Å². The van der Waals surface area contributed by atoms with Crippen molar-refractivity contribution < 1.29 is 4.79 Å². The van der Waals surface area contributed by atoms with Gasteiger partial charge in [0.1, 0.15) is 6.04 Å². The Balaban J connectivity index is 1.78. The summed E-state index contributed by atoms with van der Waals surface area (Å²) in [5.41, 5.74) is 8.37. The van der Waals surface area contributed by atoms with Gasteiger partial charge in [-0.3, -0.25) is 9.89 Å². The van der Waals surface area contributed by atoms with Crippen molar-refractivity contribution in [2.24, 2.45) is 5.73 Å². The number of hydrogen-bond donors (Lipinski definition) is 3. The van der Waals surface area contributed by atoms with Crippen LogP contribution in [0, 0.1) is 0 Å². The minimum Gasteiger partial charge on any atom is -0.324 e. The van der Waals surface area contributed by atoms with E-state index in [1.165, 1.54) is 0 Å². The van der Waals surface area contributed by atoms with Crippen LogP contribution in [0.15, 0.2) is 53.1 Å². The number of nitrogens with two attached hydrogens (primary N) is 1. The van der Waals surface area contributed by atoms with E-state index in [9.17, 15) is 4.79 Å². The van der Waals surface area contributed by atoms with Crippen molar-refractivity contribution in [2.45, 2.75) is 6.04 Å². The molecule has 1 amide bonds. The normalized spacial score (nSPS) is 12.3. The van der Waals surface area contributed by atoms with E-state index in [-0.39, 0.29) is 5.91 Å². The van der Waals surface area contributed by atoms with Gasteiger partial charge in [-0.25, -0.2) is 0 Å². The molecule has 2 aromatic carbocycles. The van der Waals surface area contributed by atoms with Gasteiger partial charge in [0.05, 0.1) is 11.7 Å². The molecule has 21 heavy (non-hydrogen) atoms. The Hall–Kier alpha value is -2.18. The highest BCUT2D eigenvalue weighted by Gasteiger charge is 2.16. The molecule has 1 heterocycles. The molecule has 6 heteroatoms. The lowest BCUT2D eigenvalue weighted by Gasteiger charge is -2.13. The van der Waals surface area contributed by atoms with E-state index >= 15 is 0 Å². The number of halogens is 1. The maximum atomic E-state index is 12.2. The first-order valence-electron chi connectivity index (χ1n) is 6.38. The molecule has 1 unspecified atom stereocenters. The predicted octanol–water partition coefficient (Wildman–Crippen LogP) is 2.96. The first kappa shape index (κ1) is 13.8. The lowest BCUT2D eigenvalue weighted by molar-refractivity contribution is -0.117. The average Bonchev–Trinajstić information content (AvgIpc) is 2.94. The van der Waals surface area contributed by atoms with Crippen molar-refractivity contribution in [1.82, 2.24) is 10.2 Å². The maximum absolute atomic E-state index is 12.2. The van der Waals surface area contributed by atoms with Gasteiger partial charge in [-0.15, -0.1) is 0 Å². The van der Waals surface area contributed by atoms with E-state index in [2.05, 4.69) is 31.4 Å². The van der Waals surface area contributed by atoms with Gasteiger partial charge in [0.15, 0.2) is 0 Å². The lowest BCUT2D eigenvalue weighted by atomic mass is 10.1. The number of H-pyrrole nitrogens is 1. The molecular formula is C15H13BrN4O. The summed E-state index contributed by atoms with van der Waals surface area (Å²) in [6.45, 7) is 0. The zero-order valence-corrected chi connectivity index (χ0v) is 12.6. The van der Waals surface area contributed by atoms with Gasteiger partial charge >= 0.3 is 0 Å². The zero-order chi connectivity index (χ0) is 14.8. The summed E-state index contributed by atoms with van der Waals surface area (Å²) in [5, 5.41) is 10.6. The van der Waals surface area contributed by atoms with Crippen LogP contribution >= 0.6 is 15.9 Å². The van der Waals surface area contributed by atoms with Gasteiger partial charge in [0.25, 0.3) is 0 Å². The van der Waals surface area contributed by atoms with Crippen LogP contribution in [0.2, 0.25) is 0 Å². The van der Waals surface area contributed by atoms with Crippen LogP contribution in [0.25, 0.3) is 10.9 Å². The molecule has 0 spiro atoms. The summed E-state index contributed by atoms with van der Waals surface area (Å²) in [7, 11) is 0. The summed E-state index contributed by atoms with van der Waals surface area (Å²) >= 11 is 3.37. The monoisotopic (exact) mass is 344 g/mol. The topological polar surface area (TPSA) is 83.8 Å². The van der Waals surface area contributed by atoms with Crippen LogP contribution < -0.4 is 11.1 Å². The molecule has 0 saturated carbocycles. The Morgan fingerprint density at radius 3 is 2.95 bits per heavy atom. The predicted molar refractivity (Wildman–Crippen MR) is 85.8 cm³/mol. The number of fused-ring (bicyclic) bond motifs is 1. The number of aromatic amines is 1. The van der Waals surface area contributed by atoms with Gasteiger partial charge in [0, 0.05) is 15.5 Å². The third kappa shape index (κ3) is 2.96. The molecule has 3 rings (SSSR count). The van der Waals surface area contributed by atoms with Crippen LogP contribution in [0.5, 0.6) is 0 Å². The summed E-state index contributed by atoms with van der Waals surface area (Å²) in [6.07, 6.45) is 1.71. The summed E-state index contributed by atoms with van der Waals surface area (Å²) in [6, 6.07) is 12.2. The second-order valence-electron chi connectivity index (χ2n) is 4.69. The molecule has 1 atom stereocenters. The Morgan fingerprint density at radius 1 is 1.29 bits per heavy atom. The molecule has 0 saturated heterocycles. The number of nitrogens with zero attached hydrogens (tertiary/aromatic N) is 1. The summed E-state index contributed by atoms with van der Waals surface area (Å²) in [4.78, 5) is 12.2. The minimum atomic E-state index is -0.720. The van der Waals surface area contributed by atoms with Crippen molar-refractivity contribution in [3.05, 3.63) is 58.7 Å². The van der Waals surface area contributed by atoms with Gasteiger partial charge in [-0.1, -0.05) is 28.1 Å². The molecular weight excluding hydrogens is 332 g/mol. The molecule has 0 aliphatic heterocycles. The SMILES string of the molecule is NC(C(=O)Nc1ccc2[nH]ncc2c1)c1cccc(Br)c1. The van der Waals surface area contributed by atoms with Crippen molar-refractivity contribution in [2.75, 3.05) is 5.32 Å². The smallest absolute Gasteiger partial charge is 0.245 e.